The molecule has 6 rings (SSSR count). The molecule has 0 unspecified atom stereocenters. The third kappa shape index (κ3) is 4.61. The lowest BCUT2D eigenvalue weighted by atomic mass is 9.79. The maximum absolute atomic E-state index is 9.82. The van der Waals surface area contributed by atoms with Crippen molar-refractivity contribution in [3.05, 3.63) is 140 Å². The summed E-state index contributed by atoms with van der Waals surface area (Å²) in [6.07, 6.45) is 8.17. The van der Waals surface area contributed by atoms with Gasteiger partial charge in [-0.1, -0.05) is 60.7 Å². The van der Waals surface area contributed by atoms with Crippen LogP contribution in [0.2, 0.25) is 0 Å². The molecule has 0 saturated heterocycles. The molecule has 5 heteroatoms. The van der Waals surface area contributed by atoms with Crippen LogP contribution in [0.1, 0.15) is 5.56 Å². The molecule has 0 aliphatic rings. The van der Waals surface area contributed by atoms with E-state index in [4.69, 9.17) is 0 Å². The van der Waals surface area contributed by atoms with Gasteiger partial charge in [0.1, 0.15) is 0 Å². The first-order chi connectivity index (χ1) is 18.6. The average molecular weight is 494 g/mol. The van der Waals surface area contributed by atoms with Gasteiger partial charge in [0.2, 0.25) is 11.4 Å². The fourth-order valence-electron chi connectivity index (χ4n) is 4.98. The maximum atomic E-state index is 9.82. The zero-order valence-electron chi connectivity index (χ0n) is 21.1. The number of para-hydroxylation sites is 2. The number of pyridine rings is 2. The van der Waals surface area contributed by atoms with Crippen LogP contribution in [0.4, 0.5) is 0 Å². The molecule has 0 atom stereocenters. The van der Waals surface area contributed by atoms with Gasteiger partial charge in [-0.05, 0) is 52.6 Å². The summed E-state index contributed by atoms with van der Waals surface area (Å²) in [6.45, 7) is 2.13. The molecule has 0 bridgehead atoms. The number of aryl methyl sites for hydroxylation is 1. The van der Waals surface area contributed by atoms with E-state index in [-0.39, 0.29) is 0 Å². The molecule has 2 heterocycles. The Bertz CT molecular complexity index is 1760. The van der Waals surface area contributed by atoms with E-state index in [1.807, 2.05) is 35.2 Å². The summed E-state index contributed by atoms with van der Waals surface area (Å²) in [5, 5.41) is 22.0. The molecule has 182 valence electrons. The lowest BCUT2D eigenvalue weighted by Crippen LogP contribution is -2.42. The first-order valence-electron chi connectivity index (χ1n) is 12.7. The number of benzene rings is 4. The zero-order valence-corrected chi connectivity index (χ0v) is 21.1. The number of fused-ring (bicyclic) bond motifs is 1. The predicted molar refractivity (Wildman–Crippen MR) is 152 cm³/mol. The molecule has 4 nitrogen and oxygen atoms in total. The van der Waals surface area contributed by atoms with Gasteiger partial charge < -0.3 is 10.0 Å². The minimum atomic E-state index is -1.54. The van der Waals surface area contributed by atoms with E-state index in [1.54, 1.807) is 12.1 Å². The van der Waals surface area contributed by atoms with E-state index >= 15 is 0 Å². The fourth-order valence-corrected chi connectivity index (χ4v) is 4.98. The largest absolute Gasteiger partial charge is 0.495 e. The summed E-state index contributed by atoms with van der Waals surface area (Å²) in [5.41, 5.74) is 8.08. The predicted octanol–water partition coefficient (Wildman–Crippen LogP) is 4.72. The van der Waals surface area contributed by atoms with Crippen molar-refractivity contribution in [3.63, 3.8) is 0 Å². The Balaban J connectivity index is 1.35. The van der Waals surface area contributed by atoms with E-state index in [9.17, 15) is 10.0 Å². The molecule has 2 N–H and O–H groups in total. The van der Waals surface area contributed by atoms with Gasteiger partial charge >= 0.3 is 7.12 Å². The van der Waals surface area contributed by atoms with Gasteiger partial charge in [-0.3, -0.25) is 0 Å². The fraction of sp³-hybridized carbons (Fsp3) is 0.0303. The van der Waals surface area contributed by atoms with Gasteiger partial charge in [0.15, 0.2) is 24.8 Å². The molecule has 0 aliphatic carbocycles. The highest BCUT2D eigenvalue weighted by atomic mass is 16.4. The first-order valence-corrected chi connectivity index (χ1v) is 12.7. The zero-order chi connectivity index (χ0) is 26.1. The van der Waals surface area contributed by atoms with Crippen molar-refractivity contribution in [1.82, 2.24) is 0 Å². The molecule has 38 heavy (non-hydrogen) atoms. The number of hydrogen-bond acceptors (Lipinski definition) is 2. The third-order valence-corrected chi connectivity index (χ3v) is 7.02. The molecule has 6 aromatic rings. The Labute approximate surface area is 222 Å². The van der Waals surface area contributed by atoms with E-state index < -0.39 is 7.12 Å². The van der Waals surface area contributed by atoms with Gasteiger partial charge in [-0.25, -0.2) is 0 Å². The number of rotatable bonds is 5. The molecule has 0 saturated carbocycles. The van der Waals surface area contributed by atoms with E-state index in [2.05, 4.69) is 103 Å². The lowest BCUT2D eigenvalue weighted by Gasteiger charge is -2.08. The van der Waals surface area contributed by atoms with Crippen molar-refractivity contribution in [2.24, 2.45) is 0 Å². The van der Waals surface area contributed by atoms with Crippen molar-refractivity contribution < 1.29 is 19.2 Å². The van der Waals surface area contributed by atoms with Crippen molar-refractivity contribution in [1.29, 1.82) is 0 Å². The molecular formula is C33H27BN2O2+2. The summed E-state index contributed by atoms with van der Waals surface area (Å²) in [5.74, 6) is 0. The van der Waals surface area contributed by atoms with Gasteiger partial charge in [-0.15, -0.1) is 0 Å². The smallest absolute Gasteiger partial charge is 0.423 e. The lowest BCUT2D eigenvalue weighted by molar-refractivity contribution is -0.596. The molecule has 4 aromatic carbocycles. The van der Waals surface area contributed by atoms with Crippen molar-refractivity contribution in [2.45, 2.75) is 6.92 Å². The standard InChI is InChI=1S/C33H27BN2O2/c1-24-7-2-4-10-32(24)35-19-16-26(17-20-35)27-14-12-25-13-15-28(22-30(25)21-27)29-8-6-18-36(23-29)33-11-5-3-9-31(33)34(37)38/h2-23,37-38H,1H3/q+2. The molecule has 0 amide bonds. The number of nitrogens with zero attached hydrogens (tertiary/aromatic N) is 2. The van der Waals surface area contributed by atoms with Gasteiger partial charge in [0, 0.05) is 41.5 Å². The van der Waals surface area contributed by atoms with Crippen LogP contribution in [-0.2, 0) is 0 Å². The molecule has 0 fully saturated rings. The Morgan fingerprint density at radius 2 is 1.18 bits per heavy atom. The van der Waals surface area contributed by atoms with Crippen LogP contribution < -0.4 is 14.6 Å². The summed E-state index contributed by atoms with van der Waals surface area (Å²) in [6, 6.07) is 37.1. The normalized spacial score (nSPS) is 11.0. The summed E-state index contributed by atoms with van der Waals surface area (Å²) >= 11 is 0. The minimum absolute atomic E-state index is 0.462. The van der Waals surface area contributed by atoms with Crippen molar-refractivity contribution in [2.75, 3.05) is 0 Å². The van der Waals surface area contributed by atoms with E-state index in [1.165, 1.54) is 27.8 Å². The molecule has 0 spiro atoms. The van der Waals surface area contributed by atoms with Crippen LogP contribution >= 0.6 is 0 Å². The van der Waals surface area contributed by atoms with E-state index in [0.29, 0.717) is 5.46 Å². The van der Waals surface area contributed by atoms with Crippen LogP contribution in [0.3, 0.4) is 0 Å². The number of aromatic nitrogens is 2. The Hall–Kier alpha value is -4.58. The molecule has 0 aliphatic heterocycles. The molecule has 0 radical (unpaired) electrons. The van der Waals surface area contributed by atoms with Crippen LogP contribution in [-0.4, -0.2) is 17.2 Å². The van der Waals surface area contributed by atoms with E-state index in [0.717, 1.165) is 22.2 Å². The van der Waals surface area contributed by atoms with Crippen molar-refractivity contribution in [3.8, 4) is 33.6 Å². The molecular weight excluding hydrogens is 467 g/mol. The molecule has 2 aromatic heterocycles. The highest BCUT2D eigenvalue weighted by Gasteiger charge is 2.22. The van der Waals surface area contributed by atoms with Gasteiger partial charge in [0.25, 0.3) is 0 Å². The average Bonchev–Trinajstić information content (AvgIpc) is 2.97. The monoisotopic (exact) mass is 494 g/mol. The SMILES string of the molecule is Cc1ccccc1-[n+]1ccc(-c2ccc3ccc(-c4ccc[n+](-c5ccccc5B(O)O)c4)cc3c2)cc1. The van der Waals surface area contributed by atoms with Crippen LogP contribution in [0, 0.1) is 6.92 Å². The summed E-state index contributed by atoms with van der Waals surface area (Å²) in [7, 11) is -1.54. The van der Waals surface area contributed by atoms with Crippen LogP contribution in [0.25, 0.3) is 44.4 Å². The summed E-state index contributed by atoms with van der Waals surface area (Å²) < 4.78 is 4.08. The van der Waals surface area contributed by atoms with Crippen LogP contribution in [0.5, 0.6) is 0 Å². The van der Waals surface area contributed by atoms with Gasteiger partial charge in [0.05, 0.1) is 5.46 Å². The number of hydrogen-bond donors (Lipinski definition) is 2. The Morgan fingerprint density at radius 1 is 0.526 bits per heavy atom. The summed E-state index contributed by atoms with van der Waals surface area (Å²) in [4.78, 5) is 0. The second-order valence-electron chi connectivity index (χ2n) is 9.49. The quantitative estimate of drug-likeness (QED) is 0.269. The second kappa shape index (κ2) is 10.1. The second-order valence-corrected chi connectivity index (χ2v) is 9.49. The van der Waals surface area contributed by atoms with Gasteiger partial charge in [-0.2, -0.15) is 9.13 Å². The van der Waals surface area contributed by atoms with Crippen LogP contribution in [0.15, 0.2) is 134 Å². The third-order valence-electron chi connectivity index (χ3n) is 7.02. The Morgan fingerprint density at radius 3 is 1.89 bits per heavy atom. The Kier molecular flexibility index (Phi) is 6.30. The highest BCUT2D eigenvalue weighted by Crippen LogP contribution is 2.28. The minimum Gasteiger partial charge on any atom is -0.423 e. The maximum Gasteiger partial charge on any atom is 0.495 e. The topological polar surface area (TPSA) is 48.2 Å². The van der Waals surface area contributed by atoms with Crippen molar-refractivity contribution >= 4 is 23.4 Å². The highest BCUT2D eigenvalue weighted by molar-refractivity contribution is 6.59. The first kappa shape index (κ1) is 23.8.